The number of fused-ring (bicyclic) bond motifs is 1. The molecule has 4 rings (SSSR count). The summed E-state index contributed by atoms with van der Waals surface area (Å²) in [6.07, 6.45) is 0.932. The Morgan fingerprint density at radius 3 is 2.90 bits per heavy atom. The summed E-state index contributed by atoms with van der Waals surface area (Å²) >= 11 is 4.00. The number of hydrogen-bond acceptors (Lipinski definition) is 8. The Kier molecular flexibility index (Phi) is 7.08. The van der Waals surface area contributed by atoms with Crippen LogP contribution in [0.2, 0.25) is 0 Å². The van der Waals surface area contributed by atoms with E-state index in [2.05, 4.69) is 55.8 Å². The van der Waals surface area contributed by atoms with E-state index in [4.69, 9.17) is 4.74 Å². The number of imidazole rings is 1. The standard InChI is InChI=1S/C20H24IN5O3S/c1-2-6-30-9-14-16(27)17(28)20(29-14)26-11-25-15-18(23-10-24-19(15)26)22-8-12-4-3-5-13(21)7-12/h3-5,7,10-11,14,16-17,20,27-28H,2,6,8-9H2,1H3,(H,22,23,24)/t14-,16-,17-,20-/m1/s1. The molecule has 2 aromatic heterocycles. The first-order valence-corrected chi connectivity index (χ1v) is 12.1. The summed E-state index contributed by atoms with van der Waals surface area (Å²) in [6, 6.07) is 8.21. The lowest BCUT2D eigenvalue weighted by molar-refractivity contribution is -0.0289. The number of nitrogens with one attached hydrogen (secondary N) is 1. The number of nitrogens with zero attached hydrogens (tertiary/aromatic N) is 4. The van der Waals surface area contributed by atoms with Gasteiger partial charge in [0.25, 0.3) is 0 Å². The van der Waals surface area contributed by atoms with Gasteiger partial charge in [0.1, 0.15) is 18.5 Å². The molecular formula is C20H24IN5O3S. The zero-order chi connectivity index (χ0) is 21.1. The van der Waals surface area contributed by atoms with Gasteiger partial charge in [-0.3, -0.25) is 4.57 Å². The number of thioether (sulfide) groups is 1. The minimum absolute atomic E-state index is 0.431. The van der Waals surface area contributed by atoms with Gasteiger partial charge in [-0.05, 0) is 52.5 Å². The third-order valence-corrected chi connectivity index (χ3v) is 6.88. The largest absolute Gasteiger partial charge is 0.387 e. The molecule has 1 aliphatic heterocycles. The van der Waals surface area contributed by atoms with Crippen LogP contribution in [0.5, 0.6) is 0 Å². The van der Waals surface area contributed by atoms with Crippen LogP contribution in [0.25, 0.3) is 11.2 Å². The van der Waals surface area contributed by atoms with Gasteiger partial charge in [0.2, 0.25) is 0 Å². The second-order valence-corrected chi connectivity index (χ2v) is 9.55. The van der Waals surface area contributed by atoms with Gasteiger partial charge in [0.15, 0.2) is 23.2 Å². The van der Waals surface area contributed by atoms with Crippen LogP contribution in [0.15, 0.2) is 36.9 Å². The maximum atomic E-state index is 10.6. The average Bonchev–Trinajstić information content (AvgIpc) is 3.29. The van der Waals surface area contributed by atoms with Gasteiger partial charge >= 0.3 is 0 Å². The second kappa shape index (κ2) is 9.77. The van der Waals surface area contributed by atoms with E-state index < -0.39 is 24.5 Å². The minimum Gasteiger partial charge on any atom is -0.387 e. The monoisotopic (exact) mass is 541 g/mol. The number of rotatable bonds is 8. The summed E-state index contributed by atoms with van der Waals surface area (Å²) in [5.41, 5.74) is 2.28. The molecule has 4 atom stereocenters. The third-order valence-electron chi connectivity index (χ3n) is 4.95. The Morgan fingerprint density at radius 1 is 1.23 bits per heavy atom. The van der Waals surface area contributed by atoms with E-state index in [0.29, 0.717) is 29.3 Å². The molecule has 160 valence electrons. The van der Waals surface area contributed by atoms with Crippen molar-refractivity contribution in [2.45, 2.75) is 44.4 Å². The zero-order valence-corrected chi connectivity index (χ0v) is 19.5. The lowest BCUT2D eigenvalue weighted by Crippen LogP contribution is -2.32. The van der Waals surface area contributed by atoms with Crippen LogP contribution in [0.4, 0.5) is 5.82 Å². The topological polar surface area (TPSA) is 105 Å². The van der Waals surface area contributed by atoms with Gasteiger partial charge in [0, 0.05) is 15.9 Å². The number of halogens is 1. The molecule has 3 heterocycles. The summed E-state index contributed by atoms with van der Waals surface area (Å²) in [7, 11) is 0. The SMILES string of the molecule is CCCSC[C@H]1O[C@@H](n2cnc3c(NCc4cccc(I)c4)ncnc32)[C@H](O)[C@@H]1O. The van der Waals surface area contributed by atoms with E-state index >= 15 is 0 Å². The van der Waals surface area contributed by atoms with Crippen LogP contribution in [0.1, 0.15) is 25.1 Å². The van der Waals surface area contributed by atoms with Crippen molar-refractivity contribution in [3.8, 4) is 0 Å². The van der Waals surface area contributed by atoms with Gasteiger partial charge in [-0.2, -0.15) is 11.8 Å². The van der Waals surface area contributed by atoms with Crippen LogP contribution in [-0.2, 0) is 11.3 Å². The van der Waals surface area contributed by atoms with Crippen LogP contribution in [0, 0.1) is 3.57 Å². The number of aromatic nitrogens is 4. The normalized spacial score (nSPS) is 23.9. The fourth-order valence-electron chi connectivity index (χ4n) is 3.44. The highest BCUT2D eigenvalue weighted by molar-refractivity contribution is 14.1. The molecule has 8 nitrogen and oxygen atoms in total. The van der Waals surface area contributed by atoms with E-state index in [-0.39, 0.29) is 0 Å². The van der Waals surface area contributed by atoms with Crippen molar-refractivity contribution in [3.05, 3.63) is 46.1 Å². The summed E-state index contributed by atoms with van der Waals surface area (Å²) in [4.78, 5) is 13.1. The summed E-state index contributed by atoms with van der Waals surface area (Å²) < 4.78 is 8.83. The van der Waals surface area contributed by atoms with Crippen molar-refractivity contribution < 1.29 is 14.9 Å². The van der Waals surface area contributed by atoms with Crippen LogP contribution < -0.4 is 5.32 Å². The van der Waals surface area contributed by atoms with Crippen LogP contribution >= 0.6 is 34.4 Å². The van der Waals surface area contributed by atoms with Gasteiger partial charge < -0.3 is 20.3 Å². The molecule has 0 amide bonds. The first-order valence-electron chi connectivity index (χ1n) is 9.83. The van der Waals surface area contributed by atoms with Crippen molar-refractivity contribution in [3.63, 3.8) is 0 Å². The molecule has 3 aromatic rings. The van der Waals surface area contributed by atoms with E-state index in [1.54, 1.807) is 22.7 Å². The molecule has 3 N–H and O–H groups in total. The van der Waals surface area contributed by atoms with E-state index in [1.807, 2.05) is 18.2 Å². The molecule has 10 heteroatoms. The van der Waals surface area contributed by atoms with Crippen molar-refractivity contribution in [1.29, 1.82) is 0 Å². The number of ether oxygens (including phenoxy) is 1. The molecule has 0 saturated carbocycles. The predicted octanol–water partition coefficient (Wildman–Crippen LogP) is 2.81. The van der Waals surface area contributed by atoms with Crippen molar-refractivity contribution in [2.75, 3.05) is 16.8 Å². The number of aliphatic hydroxyl groups is 2. The Bertz CT molecular complexity index is 1000. The Balaban J connectivity index is 1.53. The lowest BCUT2D eigenvalue weighted by Gasteiger charge is -2.16. The summed E-state index contributed by atoms with van der Waals surface area (Å²) in [5, 5.41) is 24.3. The number of anilines is 1. The Hall–Kier alpha value is -1.47. The molecular weight excluding hydrogens is 517 g/mol. The summed E-state index contributed by atoms with van der Waals surface area (Å²) in [5.74, 6) is 2.23. The fraction of sp³-hybridized carbons (Fsp3) is 0.450. The van der Waals surface area contributed by atoms with Gasteiger partial charge in [0.05, 0.1) is 12.4 Å². The first kappa shape index (κ1) is 21.8. The minimum atomic E-state index is -1.05. The zero-order valence-electron chi connectivity index (χ0n) is 16.5. The van der Waals surface area contributed by atoms with Crippen LogP contribution in [0.3, 0.4) is 0 Å². The van der Waals surface area contributed by atoms with Gasteiger partial charge in [-0.15, -0.1) is 0 Å². The Labute approximate surface area is 192 Å². The molecule has 0 unspecified atom stereocenters. The molecule has 0 spiro atoms. The van der Waals surface area contributed by atoms with Crippen LogP contribution in [-0.4, -0.2) is 59.5 Å². The first-order chi connectivity index (χ1) is 14.6. The number of benzene rings is 1. The third kappa shape index (κ3) is 4.57. The molecule has 0 aliphatic carbocycles. The number of hydrogen-bond donors (Lipinski definition) is 3. The van der Waals surface area contributed by atoms with Crippen molar-refractivity contribution >= 4 is 51.3 Å². The second-order valence-electron chi connectivity index (χ2n) is 7.15. The van der Waals surface area contributed by atoms with E-state index in [0.717, 1.165) is 17.7 Å². The quantitative estimate of drug-likeness (QED) is 0.296. The average molecular weight is 541 g/mol. The maximum Gasteiger partial charge on any atom is 0.167 e. The molecule has 30 heavy (non-hydrogen) atoms. The Morgan fingerprint density at radius 2 is 2.10 bits per heavy atom. The van der Waals surface area contributed by atoms with E-state index in [1.165, 1.54) is 9.90 Å². The van der Waals surface area contributed by atoms with Gasteiger partial charge in [-0.25, -0.2) is 15.0 Å². The molecule has 1 aromatic carbocycles. The molecule has 0 bridgehead atoms. The predicted molar refractivity (Wildman–Crippen MR) is 125 cm³/mol. The highest BCUT2D eigenvalue weighted by atomic mass is 127. The van der Waals surface area contributed by atoms with Gasteiger partial charge in [-0.1, -0.05) is 19.1 Å². The summed E-state index contributed by atoms with van der Waals surface area (Å²) in [6.45, 7) is 2.71. The van der Waals surface area contributed by atoms with Crippen molar-refractivity contribution in [1.82, 2.24) is 19.5 Å². The molecule has 1 saturated heterocycles. The van der Waals surface area contributed by atoms with Crippen molar-refractivity contribution in [2.24, 2.45) is 0 Å². The fourth-order valence-corrected chi connectivity index (χ4v) is 5.01. The highest BCUT2D eigenvalue weighted by Crippen LogP contribution is 2.33. The molecule has 1 fully saturated rings. The smallest absolute Gasteiger partial charge is 0.167 e. The lowest BCUT2D eigenvalue weighted by atomic mass is 10.1. The highest BCUT2D eigenvalue weighted by Gasteiger charge is 2.44. The molecule has 1 aliphatic rings. The number of aliphatic hydroxyl groups excluding tert-OH is 2. The maximum absolute atomic E-state index is 10.6. The van der Waals surface area contributed by atoms with E-state index in [9.17, 15) is 10.2 Å². The molecule has 0 radical (unpaired) electrons.